The maximum atomic E-state index is 10.5. The van der Waals surface area contributed by atoms with E-state index in [0.717, 1.165) is 64.7 Å². The van der Waals surface area contributed by atoms with E-state index in [1.165, 1.54) is 64.2 Å². The minimum atomic E-state index is -0.263. The number of hydrogen-bond acceptors (Lipinski definition) is 6. The van der Waals surface area contributed by atoms with E-state index in [4.69, 9.17) is 11.5 Å². The molecule has 0 heterocycles. The average molecular weight is 513 g/mol. The Morgan fingerprint density at radius 1 is 0.556 bits per heavy atom. The summed E-state index contributed by atoms with van der Waals surface area (Å²) in [4.78, 5) is 4.64. The van der Waals surface area contributed by atoms with Crippen LogP contribution in [0, 0.1) is 0 Å². The molecule has 6 heteroatoms. The second-order valence-electron chi connectivity index (χ2n) is 10.7. The van der Waals surface area contributed by atoms with Crippen molar-refractivity contribution in [3.8, 4) is 0 Å². The van der Waals surface area contributed by atoms with Gasteiger partial charge in [0.1, 0.15) is 0 Å². The minimum Gasteiger partial charge on any atom is -0.392 e. The summed E-state index contributed by atoms with van der Waals surface area (Å²) in [6.45, 7) is 10.8. The monoisotopic (exact) mass is 513 g/mol. The summed E-state index contributed by atoms with van der Waals surface area (Å²) >= 11 is 0. The molecule has 216 valence electrons. The fraction of sp³-hybridized carbons (Fsp3) is 0.933. The van der Waals surface area contributed by atoms with E-state index >= 15 is 0 Å². The highest BCUT2D eigenvalue weighted by Crippen LogP contribution is 2.11. The molecule has 0 aromatic carbocycles. The van der Waals surface area contributed by atoms with Gasteiger partial charge in [-0.2, -0.15) is 0 Å². The van der Waals surface area contributed by atoms with Crippen LogP contribution in [-0.2, 0) is 0 Å². The first-order chi connectivity index (χ1) is 17.6. The van der Waals surface area contributed by atoms with Crippen LogP contribution in [0.5, 0.6) is 0 Å². The van der Waals surface area contributed by atoms with Crippen LogP contribution < -0.4 is 11.5 Å². The molecular formula is C30H64N4O2. The molecule has 0 saturated carbocycles. The standard InChI is InChI=1S/C30H64N4O2/c1-3-5-7-9-11-13-19-29(35)27-33(25-17-21-31)23-15-16-24-34(26-18-22-32)28-30(36)20-14-12-10-8-6-4-2/h15-16,29-30,35-36H,3-14,17-28,31-32H2,1-2H3. The van der Waals surface area contributed by atoms with Crippen molar-refractivity contribution in [1.82, 2.24) is 9.80 Å². The van der Waals surface area contributed by atoms with Crippen molar-refractivity contribution in [1.29, 1.82) is 0 Å². The summed E-state index contributed by atoms with van der Waals surface area (Å²) in [7, 11) is 0. The van der Waals surface area contributed by atoms with E-state index in [9.17, 15) is 10.2 Å². The molecule has 6 N–H and O–H groups in total. The first kappa shape index (κ1) is 35.5. The van der Waals surface area contributed by atoms with E-state index in [1.807, 2.05) is 0 Å². The van der Waals surface area contributed by atoms with Crippen molar-refractivity contribution in [2.45, 2.75) is 129 Å². The second-order valence-corrected chi connectivity index (χ2v) is 10.7. The summed E-state index contributed by atoms with van der Waals surface area (Å²) in [5.41, 5.74) is 11.5. The maximum absolute atomic E-state index is 10.5. The lowest BCUT2D eigenvalue weighted by Crippen LogP contribution is -2.35. The molecule has 0 aliphatic rings. The predicted molar refractivity (Wildman–Crippen MR) is 157 cm³/mol. The van der Waals surface area contributed by atoms with Crippen molar-refractivity contribution in [3.05, 3.63) is 12.2 Å². The highest BCUT2D eigenvalue weighted by molar-refractivity contribution is 4.89. The maximum Gasteiger partial charge on any atom is 0.0667 e. The minimum absolute atomic E-state index is 0.263. The van der Waals surface area contributed by atoms with E-state index in [0.29, 0.717) is 26.2 Å². The van der Waals surface area contributed by atoms with Gasteiger partial charge in [0.25, 0.3) is 0 Å². The molecule has 0 spiro atoms. The zero-order chi connectivity index (χ0) is 26.7. The molecule has 0 bridgehead atoms. The normalized spacial score (nSPS) is 13.9. The number of hydrogen-bond donors (Lipinski definition) is 4. The van der Waals surface area contributed by atoms with E-state index in [-0.39, 0.29) is 12.2 Å². The Morgan fingerprint density at radius 2 is 0.917 bits per heavy atom. The van der Waals surface area contributed by atoms with Gasteiger partial charge in [0, 0.05) is 26.2 Å². The Bertz CT molecular complexity index is 424. The zero-order valence-electron chi connectivity index (χ0n) is 24.2. The quantitative estimate of drug-likeness (QED) is 0.0863. The largest absolute Gasteiger partial charge is 0.392 e. The van der Waals surface area contributed by atoms with Gasteiger partial charge < -0.3 is 21.7 Å². The molecule has 36 heavy (non-hydrogen) atoms. The topological polar surface area (TPSA) is 99.0 Å². The highest BCUT2D eigenvalue weighted by atomic mass is 16.3. The van der Waals surface area contributed by atoms with Crippen molar-refractivity contribution >= 4 is 0 Å². The zero-order valence-corrected chi connectivity index (χ0v) is 24.2. The molecule has 6 nitrogen and oxygen atoms in total. The van der Waals surface area contributed by atoms with Gasteiger partial charge in [-0.05, 0) is 51.9 Å². The Balaban J connectivity index is 4.40. The predicted octanol–water partition coefficient (Wildman–Crippen LogP) is 5.07. The van der Waals surface area contributed by atoms with Gasteiger partial charge >= 0.3 is 0 Å². The SMILES string of the molecule is CCCCCCCCC(O)CN(CC=CCN(CCCN)CC(O)CCCCCCCC)CCCN. The first-order valence-electron chi connectivity index (χ1n) is 15.4. The van der Waals surface area contributed by atoms with Crippen LogP contribution in [0.3, 0.4) is 0 Å². The molecule has 2 unspecified atom stereocenters. The Kier molecular flexibility index (Phi) is 27.2. The molecule has 0 saturated heterocycles. The third kappa shape index (κ3) is 23.9. The van der Waals surface area contributed by atoms with E-state index in [1.54, 1.807) is 0 Å². The summed E-state index contributed by atoms with van der Waals surface area (Å²) in [6.07, 6.45) is 22.7. The van der Waals surface area contributed by atoms with E-state index in [2.05, 4.69) is 35.8 Å². The van der Waals surface area contributed by atoms with Gasteiger partial charge in [-0.25, -0.2) is 0 Å². The van der Waals surface area contributed by atoms with Gasteiger partial charge in [-0.15, -0.1) is 0 Å². The van der Waals surface area contributed by atoms with Crippen molar-refractivity contribution < 1.29 is 10.2 Å². The molecule has 0 fully saturated rings. The number of nitrogens with zero attached hydrogens (tertiary/aromatic N) is 2. The molecule has 0 rings (SSSR count). The summed E-state index contributed by atoms with van der Waals surface area (Å²) in [6, 6.07) is 0. The molecule has 0 aliphatic heterocycles. The number of nitrogens with two attached hydrogens (primary N) is 2. The van der Waals surface area contributed by atoms with Crippen LogP contribution >= 0.6 is 0 Å². The lowest BCUT2D eigenvalue weighted by Gasteiger charge is -2.25. The highest BCUT2D eigenvalue weighted by Gasteiger charge is 2.12. The van der Waals surface area contributed by atoms with Crippen molar-refractivity contribution in [3.63, 3.8) is 0 Å². The summed E-state index contributed by atoms with van der Waals surface area (Å²) in [5.74, 6) is 0. The molecule has 0 aromatic heterocycles. The smallest absolute Gasteiger partial charge is 0.0667 e. The van der Waals surface area contributed by atoms with Crippen LogP contribution in [0.15, 0.2) is 12.2 Å². The lowest BCUT2D eigenvalue weighted by atomic mass is 10.1. The Morgan fingerprint density at radius 3 is 1.28 bits per heavy atom. The third-order valence-electron chi connectivity index (χ3n) is 6.97. The van der Waals surface area contributed by atoms with Gasteiger partial charge in [0.05, 0.1) is 12.2 Å². The van der Waals surface area contributed by atoms with Crippen LogP contribution in [-0.4, -0.2) is 84.6 Å². The molecule has 0 radical (unpaired) electrons. The number of unbranched alkanes of at least 4 members (excludes halogenated alkanes) is 10. The van der Waals surface area contributed by atoms with Crippen LogP contribution in [0.1, 0.15) is 117 Å². The lowest BCUT2D eigenvalue weighted by molar-refractivity contribution is 0.106. The van der Waals surface area contributed by atoms with E-state index < -0.39 is 0 Å². The molecule has 0 amide bonds. The average Bonchev–Trinajstić information content (AvgIpc) is 2.87. The van der Waals surface area contributed by atoms with Crippen molar-refractivity contribution in [2.24, 2.45) is 11.5 Å². The summed E-state index contributed by atoms with van der Waals surface area (Å²) < 4.78 is 0. The van der Waals surface area contributed by atoms with Crippen LogP contribution in [0.4, 0.5) is 0 Å². The Hall–Kier alpha value is -0.500. The number of aliphatic hydroxyl groups is 2. The van der Waals surface area contributed by atoms with Crippen LogP contribution in [0.25, 0.3) is 0 Å². The fourth-order valence-electron chi connectivity index (χ4n) is 4.69. The van der Waals surface area contributed by atoms with Gasteiger partial charge in [0.2, 0.25) is 0 Å². The van der Waals surface area contributed by atoms with Gasteiger partial charge in [-0.1, -0.05) is 103 Å². The molecule has 0 aliphatic carbocycles. The number of rotatable bonds is 28. The molecule has 0 aromatic rings. The van der Waals surface area contributed by atoms with Crippen LogP contribution in [0.2, 0.25) is 0 Å². The number of aliphatic hydroxyl groups excluding tert-OH is 2. The van der Waals surface area contributed by atoms with Crippen molar-refractivity contribution in [2.75, 3.05) is 52.4 Å². The summed E-state index contributed by atoms with van der Waals surface area (Å²) in [5, 5.41) is 21.1. The fourth-order valence-corrected chi connectivity index (χ4v) is 4.69. The van der Waals surface area contributed by atoms with Gasteiger partial charge in [0.15, 0.2) is 0 Å². The Labute approximate surface area is 224 Å². The first-order valence-corrected chi connectivity index (χ1v) is 15.4. The van der Waals surface area contributed by atoms with Gasteiger partial charge in [-0.3, -0.25) is 9.80 Å². The molecule has 2 atom stereocenters. The third-order valence-corrected chi connectivity index (χ3v) is 6.97. The second kappa shape index (κ2) is 27.5. The molecular weight excluding hydrogens is 448 g/mol.